The van der Waals surface area contributed by atoms with E-state index < -0.39 is 0 Å². The van der Waals surface area contributed by atoms with Crippen molar-refractivity contribution >= 4 is 17.5 Å². The maximum absolute atomic E-state index is 12.5. The Kier molecular flexibility index (Phi) is 5.68. The van der Waals surface area contributed by atoms with Crippen LogP contribution >= 0.6 is 0 Å². The fourth-order valence-corrected chi connectivity index (χ4v) is 2.34. The predicted octanol–water partition coefficient (Wildman–Crippen LogP) is 3.45. The number of hydrogen-bond acceptors (Lipinski definition) is 4. The van der Waals surface area contributed by atoms with Gasteiger partial charge in [0.05, 0.1) is 0 Å². The molecule has 0 unspecified atom stereocenters. The molecule has 1 amide bonds. The summed E-state index contributed by atoms with van der Waals surface area (Å²) in [5.74, 6) is 0.384. The van der Waals surface area contributed by atoms with Crippen LogP contribution in [-0.4, -0.2) is 29.0 Å². The zero-order valence-corrected chi connectivity index (χ0v) is 14.3. The zero-order valence-electron chi connectivity index (χ0n) is 14.3. The molecule has 5 heteroatoms. The number of amides is 1. The first-order valence-electron chi connectivity index (χ1n) is 8.08. The van der Waals surface area contributed by atoms with Gasteiger partial charge in [-0.05, 0) is 51.0 Å². The molecule has 0 spiro atoms. The highest BCUT2D eigenvalue weighted by Crippen LogP contribution is 2.14. The van der Waals surface area contributed by atoms with Gasteiger partial charge in [0.1, 0.15) is 5.69 Å². The standard InChI is InChI=1S/C18H24N4O/c1-5-14-8-10-15(11-9-14)20-17(23)16-12-13(4)19-18(21-16)22(6-2)7-3/h8-12H,5-7H2,1-4H3,(H,20,23). The van der Waals surface area contributed by atoms with Gasteiger partial charge in [-0.15, -0.1) is 0 Å². The van der Waals surface area contributed by atoms with E-state index in [2.05, 4.69) is 22.2 Å². The van der Waals surface area contributed by atoms with Crippen LogP contribution in [0.2, 0.25) is 0 Å². The van der Waals surface area contributed by atoms with E-state index in [1.165, 1.54) is 5.56 Å². The van der Waals surface area contributed by atoms with Gasteiger partial charge in [-0.25, -0.2) is 9.97 Å². The lowest BCUT2D eigenvalue weighted by Gasteiger charge is -2.19. The molecule has 2 rings (SSSR count). The van der Waals surface area contributed by atoms with Crippen LogP contribution in [-0.2, 0) is 6.42 Å². The van der Waals surface area contributed by atoms with Gasteiger partial charge in [-0.1, -0.05) is 19.1 Å². The molecule has 5 nitrogen and oxygen atoms in total. The first kappa shape index (κ1) is 16.9. The number of aromatic nitrogens is 2. The van der Waals surface area contributed by atoms with Crippen LogP contribution < -0.4 is 10.2 Å². The fourth-order valence-electron chi connectivity index (χ4n) is 2.34. The second-order valence-electron chi connectivity index (χ2n) is 5.37. The Bertz CT molecular complexity index is 663. The van der Waals surface area contributed by atoms with E-state index in [0.717, 1.165) is 30.9 Å². The van der Waals surface area contributed by atoms with Crippen LogP contribution in [0.15, 0.2) is 30.3 Å². The summed E-state index contributed by atoms with van der Waals surface area (Å²) in [6.45, 7) is 9.68. The molecule has 0 radical (unpaired) electrons. The van der Waals surface area contributed by atoms with E-state index in [0.29, 0.717) is 11.6 Å². The number of aryl methyl sites for hydroxylation is 2. The third kappa shape index (κ3) is 4.28. The maximum atomic E-state index is 12.5. The first-order valence-corrected chi connectivity index (χ1v) is 8.08. The van der Waals surface area contributed by atoms with Gasteiger partial charge in [0.15, 0.2) is 0 Å². The topological polar surface area (TPSA) is 58.1 Å². The molecule has 2 aromatic rings. The summed E-state index contributed by atoms with van der Waals surface area (Å²) in [7, 11) is 0. The number of nitrogens with zero attached hydrogens (tertiary/aromatic N) is 3. The predicted molar refractivity (Wildman–Crippen MR) is 94.1 cm³/mol. The van der Waals surface area contributed by atoms with Crippen LogP contribution in [0.25, 0.3) is 0 Å². The SMILES string of the molecule is CCc1ccc(NC(=O)c2cc(C)nc(N(CC)CC)n2)cc1. The Morgan fingerprint density at radius 3 is 2.30 bits per heavy atom. The van der Waals surface area contributed by atoms with Gasteiger partial charge >= 0.3 is 0 Å². The van der Waals surface area contributed by atoms with Gasteiger partial charge in [-0.2, -0.15) is 0 Å². The maximum Gasteiger partial charge on any atom is 0.274 e. The second-order valence-corrected chi connectivity index (χ2v) is 5.37. The quantitative estimate of drug-likeness (QED) is 0.887. The molecule has 0 aliphatic heterocycles. The lowest BCUT2D eigenvalue weighted by molar-refractivity contribution is 0.102. The summed E-state index contributed by atoms with van der Waals surface area (Å²) < 4.78 is 0. The van der Waals surface area contributed by atoms with E-state index in [1.54, 1.807) is 6.07 Å². The average molecular weight is 312 g/mol. The normalized spacial score (nSPS) is 10.4. The molecule has 0 saturated carbocycles. The molecule has 0 aliphatic rings. The molecule has 0 fully saturated rings. The van der Waals surface area contributed by atoms with Crippen molar-refractivity contribution in [2.45, 2.75) is 34.1 Å². The Morgan fingerprint density at radius 2 is 1.74 bits per heavy atom. The van der Waals surface area contributed by atoms with E-state index in [1.807, 2.05) is 49.9 Å². The van der Waals surface area contributed by atoms with Gasteiger partial charge in [0, 0.05) is 24.5 Å². The third-order valence-corrected chi connectivity index (χ3v) is 3.74. The molecule has 122 valence electrons. The van der Waals surface area contributed by atoms with Crippen LogP contribution in [0.1, 0.15) is 42.5 Å². The molecule has 0 bridgehead atoms. The van der Waals surface area contributed by atoms with Crippen molar-refractivity contribution in [1.29, 1.82) is 0 Å². The van der Waals surface area contributed by atoms with Gasteiger partial charge in [0.2, 0.25) is 5.95 Å². The molecule has 1 N–H and O–H groups in total. The highest BCUT2D eigenvalue weighted by molar-refractivity contribution is 6.03. The largest absolute Gasteiger partial charge is 0.341 e. The minimum Gasteiger partial charge on any atom is -0.341 e. The molecular formula is C18H24N4O. The van der Waals surface area contributed by atoms with Crippen LogP contribution in [0, 0.1) is 6.92 Å². The van der Waals surface area contributed by atoms with Crippen molar-refractivity contribution in [3.8, 4) is 0 Å². The average Bonchev–Trinajstić information content (AvgIpc) is 2.56. The fraction of sp³-hybridized carbons (Fsp3) is 0.389. The minimum absolute atomic E-state index is 0.215. The van der Waals surface area contributed by atoms with Crippen molar-refractivity contribution in [2.24, 2.45) is 0 Å². The number of benzene rings is 1. The number of carbonyl (C=O) groups is 1. The monoisotopic (exact) mass is 312 g/mol. The van der Waals surface area contributed by atoms with Crippen molar-refractivity contribution < 1.29 is 4.79 Å². The number of rotatable bonds is 6. The lowest BCUT2D eigenvalue weighted by atomic mass is 10.1. The summed E-state index contributed by atoms with van der Waals surface area (Å²) in [6.07, 6.45) is 0.979. The highest BCUT2D eigenvalue weighted by atomic mass is 16.1. The number of carbonyl (C=O) groups excluding carboxylic acids is 1. The van der Waals surface area contributed by atoms with E-state index in [-0.39, 0.29) is 5.91 Å². The van der Waals surface area contributed by atoms with Crippen molar-refractivity contribution in [1.82, 2.24) is 9.97 Å². The van der Waals surface area contributed by atoms with Gasteiger partial charge in [-0.3, -0.25) is 4.79 Å². The van der Waals surface area contributed by atoms with Crippen molar-refractivity contribution in [3.63, 3.8) is 0 Å². The van der Waals surface area contributed by atoms with Crippen LogP contribution in [0.4, 0.5) is 11.6 Å². The molecular weight excluding hydrogens is 288 g/mol. The van der Waals surface area contributed by atoms with Crippen molar-refractivity contribution in [2.75, 3.05) is 23.3 Å². The summed E-state index contributed by atoms with van der Waals surface area (Å²) in [6, 6.07) is 9.57. The van der Waals surface area contributed by atoms with E-state index >= 15 is 0 Å². The minimum atomic E-state index is -0.215. The number of anilines is 2. The molecule has 1 heterocycles. The molecule has 23 heavy (non-hydrogen) atoms. The Balaban J connectivity index is 2.20. The molecule has 1 aromatic carbocycles. The molecule has 1 aromatic heterocycles. The van der Waals surface area contributed by atoms with E-state index in [9.17, 15) is 4.79 Å². The molecule has 0 saturated heterocycles. The highest BCUT2D eigenvalue weighted by Gasteiger charge is 2.13. The Hall–Kier alpha value is -2.43. The van der Waals surface area contributed by atoms with Crippen molar-refractivity contribution in [3.05, 3.63) is 47.3 Å². The first-order chi connectivity index (χ1) is 11.1. The summed E-state index contributed by atoms with van der Waals surface area (Å²) in [5.41, 5.74) is 3.19. The van der Waals surface area contributed by atoms with Crippen LogP contribution in [0.3, 0.4) is 0 Å². The summed E-state index contributed by atoms with van der Waals surface area (Å²) in [5, 5.41) is 2.89. The Morgan fingerprint density at radius 1 is 1.09 bits per heavy atom. The van der Waals surface area contributed by atoms with E-state index in [4.69, 9.17) is 0 Å². The second kappa shape index (κ2) is 7.72. The summed E-state index contributed by atoms with van der Waals surface area (Å²) >= 11 is 0. The smallest absolute Gasteiger partial charge is 0.274 e. The lowest BCUT2D eigenvalue weighted by Crippen LogP contribution is -2.26. The van der Waals surface area contributed by atoms with Gasteiger partial charge < -0.3 is 10.2 Å². The third-order valence-electron chi connectivity index (χ3n) is 3.74. The zero-order chi connectivity index (χ0) is 16.8. The number of hydrogen-bond donors (Lipinski definition) is 1. The Labute approximate surface area is 137 Å². The van der Waals surface area contributed by atoms with Crippen LogP contribution in [0.5, 0.6) is 0 Å². The number of nitrogens with one attached hydrogen (secondary N) is 1. The van der Waals surface area contributed by atoms with Gasteiger partial charge in [0.25, 0.3) is 5.91 Å². The molecule has 0 atom stereocenters. The molecule has 0 aliphatic carbocycles. The summed E-state index contributed by atoms with van der Waals surface area (Å²) in [4.78, 5) is 23.3.